The van der Waals surface area contributed by atoms with Crippen LogP contribution in [0.15, 0.2) is 0 Å². The van der Waals surface area contributed by atoms with Gasteiger partial charge in [0.1, 0.15) is 6.58 Å². The summed E-state index contributed by atoms with van der Waals surface area (Å²) in [7, 11) is 0. The van der Waals surface area contributed by atoms with Gasteiger partial charge in [-0.2, -0.15) is 5.26 Å². The second-order valence-corrected chi connectivity index (χ2v) is 0.247. The largest absolute Gasteiger partial charge is 0.381 e. The lowest BCUT2D eigenvalue weighted by Crippen LogP contribution is -1.64. The van der Waals surface area contributed by atoms with Crippen molar-refractivity contribution in [1.29, 1.82) is 6.69 Å². The van der Waals surface area contributed by atoms with Crippen LogP contribution in [0.2, 0.25) is 0 Å². The Hall–Kier alpha value is -0.550. The van der Waals surface area contributed by atoms with Gasteiger partial charge in [-0.15, -0.1) is 0 Å². The normalized spacial score (nSPS) is 19.8. The van der Waals surface area contributed by atoms with Crippen molar-refractivity contribution in [2.24, 2.45) is 0 Å². The summed E-state index contributed by atoms with van der Waals surface area (Å²) in [5, 5.41) is 11.1. The molecule has 0 aromatic heterocycles. The van der Waals surface area contributed by atoms with E-state index < -0.39 is 6.58 Å². The van der Waals surface area contributed by atoms with E-state index >= 15 is 0 Å². The predicted octanol–water partition coefficient (Wildman–Crippen LogP) is -0.498. The third-order valence-corrected chi connectivity index (χ3v) is 0.0527. The first-order valence-electron chi connectivity index (χ1n) is 1.73. The first kappa shape index (κ1) is 1.05. The number of nitriles is 1. The standard InChI is InChI=1S/C2H3NO/c3-1-2-4/h4H,2H2/i2D,4D. The van der Waals surface area contributed by atoms with Gasteiger partial charge in [0.05, 0.1) is 7.44 Å². The molecule has 0 amide bonds. The molecule has 1 atom stereocenters. The molecule has 4 heavy (non-hydrogen) atoms. The zero-order valence-corrected chi connectivity index (χ0v) is 1.93. The highest BCUT2D eigenvalue weighted by molar-refractivity contribution is 4.63. The van der Waals surface area contributed by atoms with Crippen molar-refractivity contribution in [3.05, 3.63) is 0 Å². The lowest BCUT2D eigenvalue weighted by Gasteiger charge is -1.50. The number of hydrogen-bond donors (Lipinski definition) is 1. The number of aliphatic hydroxyl groups excluding tert-OH is 1. The molecular formula is C2H3NO. The molecule has 1 unspecified atom stereocenters. The maximum absolute atomic E-state index is 7.65. The van der Waals surface area contributed by atoms with Crippen molar-refractivity contribution >= 4 is 0 Å². The Morgan fingerprint density at radius 3 is 3.50 bits per heavy atom. The van der Waals surface area contributed by atoms with Crippen LogP contribution in [0.5, 0.6) is 0 Å². The highest BCUT2D eigenvalue weighted by Crippen LogP contribution is 1.34. The Morgan fingerprint density at radius 1 is 2.75 bits per heavy atom. The second-order valence-electron chi connectivity index (χ2n) is 0.247. The van der Waals surface area contributed by atoms with Gasteiger partial charge >= 0.3 is 0 Å². The summed E-state index contributed by atoms with van der Waals surface area (Å²) in [5.74, 6) is 0. The number of hydrogen-bond acceptors (Lipinski definition) is 2. The Morgan fingerprint density at radius 2 is 3.50 bits per heavy atom. The maximum Gasteiger partial charge on any atom is 0.212 e. The fraction of sp³-hybridized carbons (Fsp3) is 0.500. The van der Waals surface area contributed by atoms with Crippen LogP contribution in [0.1, 0.15) is 1.37 Å². The average molecular weight is 59.1 g/mol. The topological polar surface area (TPSA) is 44.0 Å². The molecule has 2 heteroatoms. The minimum Gasteiger partial charge on any atom is -0.381 e. The van der Waals surface area contributed by atoms with Crippen LogP contribution < -0.4 is 0 Å². The molecule has 0 saturated heterocycles. The molecule has 0 aliphatic carbocycles. The number of rotatable bonds is 1. The molecule has 0 aromatic rings. The molecule has 2 nitrogen and oxygen atoms in total. The van der Waals surface area contributed by atoms with Gasteiger partial charge in [0, 0.05) is 0 Å². The van der Waals surface area contributed by atoms with Crippen molar-refractivity contribution in [3.63, 3.8) is 0 Å². The molecule has 0 rings (SSSR count). The molecule has 0 aliphatic rings. The highest BCUT2D eigenvalue weighted by Gasteiger charge is 1.49. The van der Waals surface area contributed by atoms with Crippen LogP contribution in [-0.4, -0.2) is 13.1 Å². The van der Waals surface area contributed by atoms with Crippen LogP contribution in [0.3, 0.4) is 0 Å². The van der Waals surface area contributed by atoms with E-state index in [-0.39, 0.29) is 0 Å². The first-order chi connectivity index (χ1) is 2.81. The summed E-state index contributed by atoms with van der Waals surface area (Å²) < 4.78 is 12.2. The van der Waals surface area contributed by atoms with E-state index in [0.717, 1.165) is 0 Å². The monoisotopic (exact) mass is 59.0 g/mol. The second kappa shape index (κ2) is 2.45. The smallest absolute Gasteiger partial charge is 0.212 e. The number of nitrogens with zero attached hydrogens (tertiary/aromatic N) is 1. The minimum atomic E-state index is -1.34. The fourth-order valence-electron chi connectivity index (χ4n) is 0. The van der Waals surface area contributed by atoms with Gasteiger partial charge in [-0.05, 0) is 0 Å². The zero-order chi connectivity index (χ0) is 4.99. The van der Waals surface area contributed by atoms with Gasteiger partial charge in [0.25, 0.3) is 0 Å². The highest BCUT2D eigenvalue weighted by atomic mass is 16.2. The lowest BCUT2D eigenvalue weighted by atomic mass is 10.9. The van der Waals surface area contributed by atoms with Crippen LogP contribution in [0.4, 0.5) is 0 Å². The van der Waals surface area contributed by atoms with E-state index in [2.05, 4.69) is 5.11 Å². The molecule has 0 bridgehead atoms. The SMILES string of the molecule is [2H]OC([2H])C#N. The molecule has 0 saturated carbocycles. The molecule has 0 spiro atoms. The van der Waals surface area contributed by atoms with E-state index in [0.29, 0.717) is 0 Å². The zero-order valence-electron chi connectivity index (χ0n) is 3.93. The first-order valence-corrected chi connectivity index (χ1v) is 0.748. The molecule has 0 radical (unpaired) electrons. The van der Waals surface area contributed by atoms with Gasteiger partial charge in [0.2, 0.25) is 1.43 Å². The Bertz CT molecular complexity index is 68.4. The molecule has 22 valence electrons. The Kier molecular flexibility index (Phi) is 0.641. The van der Waals surface area contributed by atoms with Crippen molar-refractivity contribution in [3.8, 4) is 6.07 Å². The summed E-state index contributed by atoms with van der Waals surface area (Å²) in [6.45, 7) is -1.34. The van der Waals surface area contributed by atoms with Gasteiger partial charge < -0.3 is 5.11 Å². The van der Waals surface area contributed by atoms with Crippen molar-refractivity contribution < 1.29 is 6.48 Å². The summed E-state index contributed by atoms with van der Waals surface area (Å²) in [6, 6.07) is 1.37. The fourth-order valence-corrected chi connectivity index (χ4v) is 0. The molecule has 0 aromatic carbocycles. The third kappa shape index (κ3) is 1.45. The summed E-state index contributed by atoms with van der Waals surface area (Å²) in [5.41, 5.74) is 0. The van der Waals surface area contributed by atoms with E-state index in [1.165, 1.54) is 6.07 Å². The van der Waals surface area contributed by atoms with Crippen LogP contribution in [0, 0.1) is 11.3 Å². The van der Waals surface area contributed by atoms with Crippen molar-refractivity contribution in [2.45, 2.75) is 0 Å². The summed E-state index contributed by atoms with van der Waals surface area (Å²) in [6.07, 6.45) is 0. The van der Waals surface area contributed by atoms with Gasteiger partial charge in [-0.25, -0.2) is 0 Å². The van der Waals surface area contributed by atoms with Crippen LogP contribution in [-0.2, 0) is 0 Å². The molecule has 0 heterocycles. The van der Waals surface area contributed by atoms with Crippen LogP contribution >= 0.6 is 0 Å². The molecule has 0 aliphatic heterocycles. The number of aliphatic hydroxyl groups is 1. The van der Waals surface area contributed by atoms with E-state index in [1.54, 1.807) is 0 Å². The Balaban J connectivity index is 3.04. The Labute approximate surface area is 27.2 Å². The van der Waals surface area contributed by atoms with Gasteiger partial charge in [-0.1, -0.05) is 0 Å². The maximum atomic E-state index is 7.65. The lowest BCUT2D eigenvalue weighted by molar-refractivity contribution is 0.348. The van der Waals surface area contributed by atoms with E-state index in [1.807, 2.05) is 0 Å². The van der Waals surface area contributed by atoms with Gasteiger partial charge in [0.15, 0.2) is 0 Å². The van der Waals surface area contributed by atoms with Gasteiger partial charge in [-0.3, -0.25) is 0 Å². The molecule has 1 N–H and O–H groups in total. The predicted molar refractivity (Wildman–Crippen MR) is 12.7 cm³/mol. The molecular weight excluding hydrogens is 54.0 g/mol. The average Bonchev–Trinajstić information content (AvgIpc) is 1.65. The summed E-state index contributed by atoms with van der Waals surface area (Å²) >= 11 is 0. The third-order valence-electron chi connectivity index (χ3n) is 0.0527. The van der Waals surface area contributed by atoms with E-state index in [9.17, 15) is 0 Å². The van der Waals surface area contributed by atoms with Crippen LogP contribution in [0.25, 0.3) is 0 Å². The van der Waals surface area contributed by atoms with E-state index in [4.69, 9.17) is 8.06 Å². The van der Waals surface area contributed by atoms with Crippen molar-refractivity contribution in [2.75, 3.05) is 6.58 Å². The minimum absolute atomic E-state index is 1.34. The summed E-state index contributed by atoms with van der Waals surface area (Å²) in [4.78, 5) is 0. The molecule has 0 fully saturated rings. The quantitative estimate of drug-likeness (QED) is 0.414. The van der Waals surface area contributed by atoms with Crippen molar-refractivity contribution in [1.82, 2.24) is 0 Å².